The largest absolute Gasteiger partial charge is 0.297 e. The number of hydrogen-bond acceptors (Lipinski definition) is 2. The SMILES string of the molecule is O=Cc1cc(CCc2ccccc2)cs1. The van der Waals surface area contributed by atoms with Crippen molar-refractivity contribution in [2.75, 3.05) is 0 Å². The second kappa shape index (κ2) is 4.89. The fourth-order valence-electron chi connectivity index (χ4n) is 1.52. The average molecular weight is 216 g/mol. The van der Waals surface area contributed by atoms with Crippen molar-refractivity contribution < 1.29 is 4.79 Å². The highest BCUT2D eigenvalue weighted by atomic mass is 32.1. The molecule has 15 heavy (non-hydrogen) atoms. The minimum atomic E-state index is 0.818. The quantitative estimate of drug-likeness (QED) is 0.716. The summed E-state index contributed by atoms with van der Waals surface area (Å²) in [7, 11) is 0. The molecule has 0 bridgehead atoms. The zero-order valence-corrected chi connectivity index (χ0v) is 9.17. The highest BCUT2D eigenvalue weighted by Gasteiger charge is 1.99. The van der Waals surface area contributed by atoms with Gasteiger partial charge in [0.2, 0.25) is 0 Å². The Kier molecular flexibility index (Phi) is 3.30. The third kappa shape index (κ3) is 2.77. The lowest BCUT2D eigenvalue weighted by atomic mass is 10.1. The first kappa shape index (κ1) is 10.1. The van der Waals surface area contributed by atoms with Gasteiger partial charge in [0, 0.05) is 0 Å². The molecule has 0 atom stereocenters. The summed E-state index contributed by atoms with van der Waals surface area (Å²) in [6, 6.07) is 12.4. The predicted molar refractivity (Wildman–Crippen MR) is 63.6 cm³/mol. The molecule has 0 aliphatic carbocycles. The number of benzene rings is 1. The summed E-state index contributed by atoms with van der Waals surface area (Å²) >= 11 is 1.52. The average Bonchev–Trinajstić information content (AvgIpc) is 2.76. The zero-order chi connectivity index (χ0) is 10.5. The van der Waals surface area contributed by atoms with Gasteiger partial charge in [0.1, 0.15) is 0 Å². The lowest BCUT2D eigenvalue weighted by molar-refractivity contribution is 0.112. The molecule has 1 nitrogen and oxygen atoms in total. The standard InChI is InChI=1S/C13H12OS/c14-9-13-8-12(10-15-13)7-6-11-4-2-1-3-5-11/h1-5,8-10H,6-7H2. The fraction of sp³-hybridized carbons (Fsp3) is 0.154. The van der Waals surface area contributed by atoms with Crippen molar-refractivity contribution in [3.05, 3.63) is 57.8 Å². The highest BCUT2D eigenvalue weighted by Crippen LogP contribution is 2.14. The van der Waals surface area contributed by atoms with E-state index in [1.807, 2.05) is 12.1 Å². The van der Waals surface area contributed by atoms with Gasteiger partial charge in [0.05, 0.1) is 4.88 Å². The number of hydrogen-bond donors (Lipinski definition) is 0. The first-order valence-corrected chi connectivity index (χ1v) is 5.83. The molecule has 1 aromatic carbocycles. The fourth-order valence-corrected chi connectivity index (χ4v) is 2.27. The van der Waals surface area contributed by atoms with E-state index in [0.29, 0.717) is 0 Å². The Balaban J connectivity index is 1.96. The van der Waals surface area contributed by atoms with Crippen LogP contribution in [0.25, 0.3) is 0 Å². The molecule has 0 spiro atoms. The molecule has 0 aliphatic heterocycles. The van der Waals surface area contributed by atoms with E-state index in [9.17, 15) is 4.79 Å². The molecule has 0 fully saturated rings. The van der Waals surface area contributed by atoms with Crippen molar-refractivity contribution in [1.82, 2.24) is 0 Å². The van der Waals surface area contributed by atoms with E-state index in [1.165, 1.54) is 22.5 Å². The van der Waals surface area contributed by atoms with Crippen molar-refractivity contribution >= 4 is 17.6 Å². The normalized spacial score (nSPS) is 10.1. The minimum Gasteiger partial charge on any atom is -0.297 e. The van der Waals surface area contributed by atoms with Crippen LogP contribution in [0, 0.1) is 0 Å². The molecular weight excluding hydrogens is 204 g/mol. The van der Waals surface area contributed by atoms with E-state index in [-0.39, 0.29) is 0 Å². The summed E-state index contributed by atoms with van der Waals surface area (Å²) in [5, 5.41) is 2.06. The van der Waals surface area contributed by atoms with E-state index >= 15 is 0 Å². The maximum Gasteiger partial charge on any atom is 0.160 e. The molecule has 0 N–H and O–H groups in total. The van der Waals surface area contributed by atoms with E-state index in [1.54, 1.807) is 0 Å². The molecule has 1 heterocycles. The van der Waals surface area contributed by atoms with E-state index in [0.717, 1.165) is 24.0 Å². The van der Waals surface area contributed by atoms with Crippen LogP contribution in [0.1, 0.15) is 20.8 Å². The molecule has 2 heteroatoms. The van der Waals surface area contributed by atoms with Gasteiger partial charge in [-0.3, -0.25) is 4.79 Å². The summed E-state index contributed by atoms with van der Waals surface area (Å²) in [6.45, 7) is 0. The van der Waals surface area contributed by atoms with E-state index < -0.39 is 0 Å². The Bertz CT molecular complexity index is 431. The van der Waals surface area contributed by atoms with Crippen LogP contribution < -0.4 is 0 Å². The minimum absolute atomic E-state index is 0.818. The number of aldehydes is 1. The monoisotopic (exact) mass is 216 g/mol. The molecule has 1 aromatic heterocycles. The second-order valence-electron chi connectivity index (χ2n) is 3.46. The molecule has 0 saturated heterocycles. The summed E-state index contributed by atoms with van der Waals surface area (Å²) in [5.41, 5.74) is 2.60. The number of rotatable bonds is 4. The number of thiophene rings is 1. The van der Waals surface area contributed by atoms with Gasteiger partial charge in [-0.2, -0.15) is 0 Å². The van der Waals surface area contributed by atoms with Crippen molar-refractivity contribution in [2.24, 2.45) is 0 Å². The Morgan fingerprint density at radius 1 is 1.07 bits per heavy atom. The molecule has 0 amide bonds. The van der Waals surface area contributed by atoms with Crippen LogP contribution >= 0.6 is 11.3 Å². The van der Waals surface area contributed by atoms with Gasteiger partial charge in [-0.05, 0) is 35.4 Å². The van der Waals surface area contributed by atoms with Crippen LogP contribution in [0.15, 0.2) is 41.8 Å². The lowest BCUT2D eigenvalue weighted by Crippen LogP contribution is -1.88. The van der Waals surface area contributed by atoms with Gasteiger partial charge in [-0.25, -0.2) is 0 Å². The Morgan fingerprint density at radius 3 is 2.47 bits per heavy atom. The van der Waals surface area contributed by atoms with Crippen LogP contribution in [0.3, 0.4) is 0 Å². The molecule has 0 radical (unpaired) electrons. The highest BCUT2D eigenvalue weighted by molar-refractivity contribution is 7.11. The van der Waals surface area contributed by atoms with Crippen molar-refractivity contribution in [1.29, 1.82) is 0 Å². The molecule has 76 valence electrons. The Hall–Kier alpha value is -1.41. The zero-order valence-electron chi connectivity index (χ0n) is 8.35. The third-order valence-corrected chi connectivity index (χ3v) is 3.24. The maximum absolute atomic E-state index is 10.5. The Morgan fingerprint density at radius 2 is 1.80 bits per heavy atom. The first-order valence-electron chi connectivity index (χ1n) is 4.95. The van der Waals surface area contributed by atoms with Gasteiger partial charge in [0.25, 0.3) is 0 Å². The van der Waals surface area contributed by atoms with E-state index in [4.69, 9.17) is 0 Å². The summed E-state index contributed by atoms with van der Waals surface area (Å²) in [5.74, 6) is 0. The lowest BCUT2D eigenvalue weighted by Gasteiger charge is -1.98. The van der Waals surface area contributed by atoms with Crippen molar-refractivity contribution in [3.63, 3.8) is 0 Å². The van der Waals surface area contributed by atoms with Crippen molar-refractivity contribution in [3.8, 4) is 0 Å². The molecule has 0 aliphatic rings. The first-order chi connectivity index (χ1) is 7.38. The summed E-state index contributed by atoms with van der Waals surface area (Å²) in [4.78, 5) is 11.3. The van der Waals surface area contributed by atoms with Gasteiger partial charge < -0.3 is 0 Å². The van der Waals surface area contributed by atoms with Crippen LogP contribution in [-0.2, 0) is 12.8 Å². The van der Waals surface area contributed by atoms with E-state index in [2.05, 4.69) is 29.6 Å². The predicted octanol–water partition coefficient (Wildman–Crippen LogP) is 3.35. The topological polar surface area (TPSA) is 17.1 Å². The smallest absolute Gasteiger partial charge is 0.160 e. The van der Waals surface area contributed by atoms with Crippen LogP contribution in [0.2, 0.25) is 0 Å². The Labute approximate surface area is 93.4 Å². The van der Waals surface area contributed by atoms with Gasteiger partial charge in [0.15, 0.2) is 6.29 Å². The maximum atomic E-state index is 10.5. The number of carbonyl (C=O) groups is 1. The van der Waals surface area contributed by atoms with Crippen LogP contribution in [-0.4, -0.2) is 6.29 Å². The molecule has 0 unspecified atom stereocenters. The number of aryl methyl sites for hydroxylation is 2. The summed E-state index contributed by atoms with van der Waals surface area (Å²) in [6.07, 6.45) is 2.96. The van der Waals surface area contributed by atoms with Gasteiger partial charge >= 0.3 is 0 Å². The van der Waals surface area contributed by atoms with Crippen LogP contribution in [0.5, 0.6) is 0 Å². The van der Waals surface area contributed by atoms with Gasteiger partial charge in [-0.1, -0.05) is 30.3 Å². The van der Waals surface area contributed by atoms with Gasteiger partial charge in [-0.15, -0.1) is 11.3 Å². The number of carbonyl (C=O) groups excluding carboxylic acids is 1. The molecule has 0 saturated carbocycles. The molecule has 2 aromatic rings. The van der Waals surface area contributed by atoms with Crippen LogP contribution in [0.4, 0.5) is 0 Å². The molecule has 2 rings (SSSR count). The third-order valence-electron chi connectivity index (χ3n) is 2.34. The second-order valence-corrected chi connectivity index (χ2v) is 4.40. The summed E-state index contributed by atoms with van der Waals surface area (Å²) < 4.78 is 0. The molecular formula is C13H12OS. The van der Waals surface area contributed by atoms with Crippen molar-refractivity contribution in [2.45, 2.75) is 12.8 Å².